The Bertz CT molecular complexity index is 501. The molecule has 0 saturated heterocycles. The summed E-state index contributed by atoms with van der Waals surface area (Å²) in [5, 5.41) is 16.8. The highest BCUT2D eigenvalue weighted by atomic mass is 16.3. The molecule has 0 amide bonds. The summed E-state index contributed by atoms with van der Waals surface area (Å²) >= 11 is 0. The molecule has 0 spiro atoms. The first-order valence-electron chi connectivity index (χ1n) is 7.83. The molecule has 1 aliphatic heterocycles. The van der Waals surface area contributed by atoms with Gasteiger partial charge >= 0.3 is 0 Å². The maximum Gasteiger partial charge on any atom is 0.149 e. The van der Waals surface area contributed by atoms with Crippen LogP contribution >= 0.6 is 0 Å². The average Bonchev–Trinajstić information content (AvgIpc) is 2.96. The topological polar surface area (TPSA) is 56.7 Å². The molecule has 0 saturated carbocycles. The van der Waals surface area contributed by atoms with Crippen LogP contribution in [0.1, 0.15) is 52.7 Å². The van der Waals surface area contributed by atoms with Crippen LogP contribution in [0.5, 0.6) is 5.75 Å². The maximum absolute atomic E-state index is 10.4. The zero-order chi connectivity index (χ0) is 16.0. The number of benzene rings is 1. The second-order valence-corrected chi connectivity index (χ2v) is 5.86. The van der Waals surface area contributed by atoms with Crippen LogP contribution < -0.4 is 10.6 Å². The number of hydrogen-bond acceptors (Lipinski definition) is 4. The SMILES string of the molecule is CC.CCNc1cc(C(C)(C)C)cc(C2=NCCN2)c1O. The fraction of sp³-hybridized carbons (Fsp3) is 0.588. The lowest BCUT2D eigenvalue weighted by Crippen LogP contribution is -2.21. The van der Waals surface area contributed by atoms with Crippen molar-refractivity contribution in [1.29, 1.82) is 0 Å². The van der Waals surface area contributed by atoms with Gasteiger partial charge in [-0.1, -0.05) is 34.6 Å². The molecular weight excluding hydrogens is 262 g/mol. The molecule has 0 fully saturated rings. The normalized spacial score (nSPS) is 13.9. The summed E-state index contributed by atoms with van der Waals surface area (Å²) in [7, 11) is 0. The minimum absolute atomic E-state index is 0.0335. The Kier molecular flexibility index (Phi) is 6.06. The Morgan fingerprint density at radius 1 is 1.29 bits per heavy atom. The van der Waals surface area contributed by atoms with Gasteiger partial charge in [0, 0.05) is 13.1 Å². The van der Waals surface area contributed by atoms with E-state index in [0.29, 0.717) is 0 Å². The Morgan fingerprint density at radius 2 is 1.95 bits per heavy atom. The molecule has 0 bridgehead atoms. The lowest BCUT2D eigenvalue weighted by Gasteiger charge is -2.22. The van der Waals surface area contributed by atoms with Gasteiger partial charge in [0.1, 0.15) is 11.6 Å². The zero-order valence-electron chi connectivity index (χ0n) is 14.2. The number of rotatable bonds is 3. The average molecular weight is 291 g/mol. The van der Waals surface area contributed by atoms with Gasteiger partial charge in [-0.25, -0.2) is 0 Å². The first-order valence-corrected chi connectivity index (χ1v) is 7.83. The predicted octanol–water partition coefficient (Wildman–Crippen LogP) is 3.50. The molecule has 0 radical (unpaired) electrons. The molecule has 0 aliphatic carbocycles. The van der Waals surface area contributed by atoms with E-state index in [1.807, 2.05) is 32.9 Å². The molecule has 21 heavy (non-hydrogen) atoms. The molecule has 2 rings (SSSR count). The van der Waals surface area contributed by atoms with E-state index in [2.05, 4.69) is 36.4 Å². The summed E-state index contributed by atoms with van der Waals surface area (Å²) in [4.78, 5) is 4.41. The Balaban J connectivity index is 0.00000106. The largest absolute Gasteiger partial charge is 0.505 e. The monoisotopic (exact) mass is 291 g/mol. The van der Waals surface area contributed by atoms with Crippen LogP contribution in [-0.4, -0.2) is 30.6 Å². The van der Waals surface area contributed by atoms with Crippen LogP contribution in [0.3, 0.4) is 0 Å². The molecule has 1 aromatic carbocycles. The van der Waals surface area contributed by atoms with Crippen LogP contribution in [0.4, 0.5) is 5.69 Å². The van der Waals surface area contributed by atoms with Gasteiger partial charge in [0.2, 0.25) is 0 Å². The van der Waals surface area contributed by atoms with E-state index in [1.54, 1.807) is 0 Å². The molecule has 1 aromatic rings. The minimum atomic E-state index is 0.0335. The summed E-state index contributed by atoms with van der Waals surface area (Å²) in [5.41, 5.74) is 2.79. The van der Waals surface area contributed by atoms with E-state index in [4.69, 9.17) is 0 Å². The van der Waals surface area contributed by atoms with Crippen LogP contribution in [-0.2, 0) is 5.41 Å². The molecule has 3 N–H and O–H groups in total. The fourth-order valence-electron chi connectivity index (χ4n) is 2.15. The first kappa shape index (κ1) is 17.3. The Hall–Kier alpha value is -1.71. The van der Waals surface area contributed by atoms with Crippen molar-refractivity contribution in [2.24, 2.45) is 4.99 Å². The zero-order valence-corrected chi connectivity index (χ0v) is 14.2. The standard InChI is InChI=1S/C15H23N3O.C2H6/c1-5-16-12-9-10(15(2,3)4)8-11(13(12)19)14-17-6-7-18-14;1-2/h8-9,16,19H,5-7H2,1-4H3,(H,17,18);1-2H3. The number of nitrogens with one attached hydrogen (secondary N) is 2. The van der Waals surface area contributed by atoms with Crippen molar-refractivity contribution in [2.75, 3.05) is 25.0 Å². The molecule has 1 heterocycles. The number of phenolic OH excluding ortho intramolecular Hbond substituents is 1. The Labute approximate surface area is 128 Å². The molecule has 1 aliphatic rings. The van der Waals surface area contributed by atoms with E-state index >= 15 is 0 Å². The van der Waals surface area contributed by atoms with Crippen molar-refractivity contribution < 1.29 is 5.11 Å². The number of nitrogens with zero attached hydrogens (tertiary/aromatic N) is 1. The van der Waals surface area contributed by atoms with E-state index in [0.717, 1.165) is 36.7 Å². The number of aliphatic imine (C=N–C) groups is 1. The summed E-state index contributed by atoms with van der Waals surface area (Å²) < 4.78 is 0. The Morgan fingerprint density at radius 3 is 2.43 bits per heavy atom. The van der Waals surface area contributed by atoms with Gasteiger partial charge < -0.3 is 15.7 Å². The van der Waals surface area contributed by atoms with E-state index in [-0.39, 0.29) is 11.2 Å². The number of anilines is 1. The molecule has 0 unspecified atom stereocenters. The highest BCUT2D eigenvalue weighted by molar-refractivity contribution is 6.03. The van der Waals surface area contributed by atoms with Crippen LogP contribution in [0, 0.1) is 0 Å². The fourth-order valence-corrected chi connectivity index (χ4v) is 2.15. The molecule has 4 heteroatoms. The third-order valence-corrected chi connectivity index (χ3v) is 3.27. The second kappa shape index (κ2) is 7.34. The second-order valence-electron chi connectivity index (χ2n) is 5.86. The van der Waals surface area contributed by atoms with Crippen LogP contribution in [0.2, 0.25) is 0 Å². The van der Waals surface area contributed by atoms with E-state index < -0.39 is 0 Å². The van der Waals surface area contributed by atoms with Gasteiger partial charge in [-0.05, 0) is 30.0 Å². The third kappa shape index (κ3) is 4.13. The van der Waals surface area contributed by atoms with Gasteiger partial charge in [0.05, 0.1) is 17.8 Å². The van der Waals surface area contributed by atoms with E-state index in [1.165, 1.54) is 5.56 Å². The van der Waals surface area contributed by atoms with Crippen molar-refractivity contribution in [2.45, 2.75) is 47.0 Å². The quantitative estimate of drug-likeness (QED) is 0.747. The lowest BCUT2D eigenvalue weighted by atomic mass is 9.85. The predicted molar refractivity (Wildman–Crippen MR) is 91.7 cm³/mol. The van der Waals surface area contributed by atoms with Crippen molar-refractivity contribution in [3.05, 3.63) is 23.3 Å². The molecule has 0 atom stereocenters. The number of phenols is 1. The molecular formula is C17H29N3O. The van der Waals surface area contributed by atoms with Crippen LogP contribution in [0.25, 0.3) is 0 Å². The van der Waals surface area contributed by atoms with Crippen LogP contribution in [0.15, 0.2) is 17.1 Å². The van der Waals surface area contributed by atoms with Gasteiger partial charge in [0.25, 0.3) is 0 Å². The number of amidine groups is 1. The summed E-state index contributed by atoms with van der Waals surface area (Å²) in [6, 6.07) is 4.06. The first-order chi connectivity index (χ1) is 9.93. The van der Waals surface area contributed by atoms with Gasteiger partial charge in [0.15, 0.2) is 0 Å². The molecule has 0 aromatic heterocycles. The molecule has 4 nitrogen and oxygen atoms in total. The molecule has 118 valence electrons. The van der Waals surface area contributed by atoms with Crippen molar-refractivity contribution >= 4 is 11.5 Å². The summed E-state index contributed by atoms with van der Waals surface area (Å²) in [6.45, 7) is 14.9. The smallest absolute Gasteiger partial charge is 0.149 e. The lowest BCUT2D eigenvalue weighted by molar-refractivity contribution is 0.474. The van der Waals surface area contributed by atoms with Gasteiger partial charge in [-0.2, -0.15) is 0 Å². The minimum Gasteiger partial charge on any atom is -0.505 e. The van der Waals surface area contributed by atoms with Gasteiger partial charge in [-0.15, -0.1) is 0 Å². The number of hydrogen-bond donors (Lipinski definition) is 3. The van der Waals surface area contributed by atoms with Gasteiger partial charge in [-0.3, -0.25) is 4.99 Å². The maximum atomic E-state index is 10.4. The summed E-state index contributed by atoms with van der Waals surface area (Å²) in [5.74, 6) is 1.07. The number of aromatic hydroxyl groups is 1. The highest BCUT2D eigenvalue weighted by Crippen LogP contribution is 2.34. The van der Waals surface area contributed by atoms with Crippen molar-refractivity contribution in [1.82, 2.24) is 5.32 Å². The highest BCUT2D eigenvalue weighted by Gasteiger charge is 2.21. The van der Waals surface area contributed by atoms with Crippen molar-refractivity contribution in [3.63, 3.8) is 0 Å². The van der Waals surface area contributed by atoms with E-state index in [9.17, 15) is 5.11 Å². The third-order valence-electron chi connectivity index (χ3n) is 3.27. The summed E-state index contributed by atoms with van der Waals surface area (Å²) in [6.07, 6.45) is 0. The van der Waals surface area contributed by atoms with Crippen molar-refractivity contribution in [3.8, 4) is 5.75 Å².